The van der Waals surface area contributed by atoms with Crippen molar-refractivity contribution in [3.63, 3.8) is 0 Å². The Bertz CT molecular complexity index is 954. The average molecular weight is 447 g/mol. The summed E-state index contributed by atoms with van der Waals surface area (Å²) in [6.07, 6.45) is -0.283. The number of hydrogen-bond donors (Lipinski definition) is 1. The zero-order chi connectivity index (χ0) is 21.7. The Kier molecular flexibility index (Phi) is 7.43. The number of carbonyl (C=O) groups is 1. The van der Waals surface area contributed by atoms with Crippen molar-refractivity contribution in [2.75, 3.05) is 11.1 Å². The lowest BCUT2D eigenvalue weighted by atomic mass is 10.0. The molecule has 1 unspecified atom stereocenters. The minimum Gasteiger partial charge on any atom is -0.483 e. The van der Waals surface area contributed by atoms with Crippen LogP contribution in [0, 0.1) is 0 Å². The molecule has 0 bridgehead atoms. The molecule has 0 radical (unpaired) electrons. The van der Waals surface area contributed by atoms with E-state index < -0.39 is 0 Å². The molecule has 1 aromatic carbocycles. The molecule has 0 saturated carbocycles. The van der Waals surface area contributed by atoms with E-state index in [1.165, 1.54) is 28.7 Å². The van der Waals surface area contributed by atoms with Crippen molar-refractivity contribution in [1.29, 1.82) is 0 Å². The lowest BCUT2D eigenvalue weighted by Crippen LogP contribution is -2.16. The molecule has 1 atom stereocenters. The van der Waals surface area contributed by atoms with E-state index >= 15 is 0 Å². The minimum atomic E-state index is -0.283. The van der Waals surface area contributed by atoms with Gasteiger partial charge in [0, 0.05) is 6.04 Å². The van der Waals surface area contributed by atoms with Crippen LogP contribution in [0.15, 0.2) is 34.9 Å². The first-order chi connectivity index (χ1) is 14.3. The van der Waals surface area contributed by atoms with Gasteiger partial charge in [-0.2, -0.15) is 0 Å². The Morgan fingerprint density at radius 3 is 2.47 bits per heavy atom. The summed E-state index contributed by atoms with van der Waals surface area (Å²) in [5.74, 6) is 2.03. The smallest absolute Gasteiger partial charge is 0.236 e. The Hall–Kier alpha value is -2.46. The zero-order valence-electron chi connectivity index (χ0n) is 17.7. The summed E-state index contributed by atoms with van der Waals surface area (Å²) in [5, 5.41) is 20.1. The molecule has 0 aliphatic carbocycles. The highest BCUT2D eigenvalue weighted by Gasteiger charge is 2.22. The highest BCUT2D eigenvalue weighted by atomic mass is 32.2. The molecule has 160 valence electrons. The molecule has 8 nitrogen and oxygen atoms in total. The van der Waals surface area contributed by atoms with Crippen molar-refractivity contribution in [2.45, 2.75) is 57.8 Å². The van der Waals surface area contributed by atoms with E-state index in [9.17, 15) is 4.79 Å². The Labute approximate surface area is 184 Å². The number of rotatable bonds is 9. The molecule has 30 heavy (non-hydrogen) atoms. The lowest BCUT2D eigenvalue weighted by Gasteiger charge is -2.19. The van der Waals surface area contributed by atoms with Gasteiger partial charge in [0.05, 0.1) is 5.75 Å². The highest BCUT2D eigenvalue weighted by Crippen LogP contribution is 2.28. The van der Waals surface area contributed by atoms with Gasteiger partial charge in [-0.3, -0.25) is 10.1 Å². The summed E-state index contributed by atoms with van der Waals surface area (Å²) < 4.78 is 8.12. The molecular formula is C20H26N6O2S2. The van der Waals surface area contributed by atoms with Gasteiger partial charge in [0.25, 0.3) is 0 Å². The first kappa shape index (κ1) is 22.2. The lowest BCUT2D eigenvalue weighted by molar-refractivity contribution is -0.113. The van der Waals surface area contributed by atoms with E-state index in [2.05, 4.69) is 65.5 Å². The molecule has 0 fully saturated rings. The maximum atomic E-state index is 12.1. The standard InChI is InChI=1S/C20H26N6O2S2/c1-12(2)15-6-8-16(9-7-15)28-14(5)18-23-25-20(26(18)13(3)4)29-10-17(27)22-19-24-21-11-30-19/h6-9,11-14H,10H2,1-5H3,(H,22,24,27). The molecule has 0 aliphatic heterocycles. The van der Waals surface area contributed by atoms with E-state index in [1.807, 2.05) is 23.6 Å². The summed E-state index contributed by atoms with van der Waals surface area (Å²) in [5.41, 5.74) is 2.84. The number of carbonyl (C=O) groups excluding carboxylic acids is 1. The maximum Gasteiger partial charge on any atom is 0.236 e. The molecular weight excluding hydrogens is 420 g/mol. The predicted molar refractivity (Wildman–Crippen MR) is 119 cm³/mol. The van der Waals surface area contributed by atoms with Crippen LogP contribution in [0.5, 0.6) is 5.75 Å². The van der Waals surface area contributed by atoms with Gasteiger partial charge < -0.3 is 9.30 Å². The van der Waals surface area contributed by atoms with Crippen molar-refractivity contribution >= 4 is 34.1 Å². The van der Waals surface area contributed by atoms with Crippen LogP contribution in [-0.2, 0) is 4.79 Å². The van der Waals surface area contributed by atoms with Crippen LogP contribution in [0.3, 0.4) is 0 Å². The number of aromatic nitrogens is 5. The van der Waals surface area contributed by atoms with Gasteiger partial charge in [-0.05, 0) is 44.4 Å². The van der Waals surface area contributed by atoms with Crippen molar-refractivity contribution in [3.8, 4) is 5.75 Å². The second kappa shape index (κ2) is 10.0. The summed E-state index contributed by atoms with van der Waals surface area (Å²) >= 11 is 2.61. The van der Waals surface area contributed by atoms with Gasteiger partial charge in [-0.15, -0.1) is 20.4 Å². The monoisotopic (exact) mass is 446 g/mol. The van der Waals surface area contributed by atoms with Crippen LogP contribution in [-0.4, -0.2) is 36.6 Å². The van der Waals surface area contributed by atoms with E-state index in [1.54, 1.807) is 5.51 Å². The summed E-state index contributed by atoms with van der Waals surface area (Å²) in [7, 11) is 0. The van der Waals surface area contributed by atoms with Crippen molar-refractivity contribution < 1.29 is 9.53 Å². The van der Waals surface area contributed by atoms with Crippen molar-refractivity contribution in [2.24, 2.45) is 0 Å². The molecule has 1 N–H and O–H groups in total. The maximum absolute atomic E-state index is 12.1. The van der Waals surface area contributed by atoms with Gasteiger partial charge in [0.2, 0.25) is 11.0 Å². The quantitative estimate of drug-likeness (QED) is 0.476. The second-order valence-electron chi connectivity index (χ2n) is 7.37. The van der Waals surface area contributed by atoms with Gasteiger partial charge in [-0.1, -0.05) is 49.1 Å². The molecule has 1 amide bonds. The van der Waals surface area contributed by atoms with Crippen molar-refractivity contribution in [3.05, 3.63) is 41.2 Å². The summed E-state index contributed by atoms with van der Waals surface area (Å²) in [6.45, 7) is 10.4. The second-order valence-corrected chi connectivity index (χ2v) is 9.14. The van der Waals surface area contributed by atoms with Crippen LogP contribution in [0.1, 0.15) is 64.1 Å². The highest BCUT2D eigenvalue weighted by molar-refractivity contribution is 7.99. The van der Waals surface area contributed by atoms with Crippen molar-refractivity contribution in [1.82, 2.24) is 25.0 Å². The SMILES string of the molecule is CC(C)c1ccc(OC(C)c2nnc(SCC(=O)Nc3nncs3)n2C(C)C)cc1. The number of thioether (sulfide) groups is 1. The van der Waals surface area contributed by atoms with Gasteiger partial charge in [0.15, 0.2) is 17.1 Å². The number of benzene rings is 1. The van der Waals surface area contributed by atoms with Crippen LogP contribution in [0.25, 0.3) is 0 Å². The molecule has 2 aromatic heterocycles. The third kappa shape index (κ3) is 5.57. The minimum absolute atomic E-state index is 0.123. The summed E-state index contributed by atoms with van der Waals surface area (Å²) in [4.78, 5) is 12.1. The number of hydrogen-bond acceptors (Lipinski definition) is 8. The number of anilines is 1. The topological polar surface area (TPSA) is 94.8 Å². The third-order valence-electron chi connectivity index (χ3n) is 4.37. The number of amides is 1. The van der Waals surface area contributed by atoms with E-state index in [-0.39, 0.29) is 23.8 Å². The number of nitrogens with zero attached hydrogens (tertiary/aromatic N) is 5. The van der Waals surface area contributed by atoms with Gasteiger partial charge in [0.1, 0.15) is 11.3 Å². The van der Waals surface area contributed by atoms with E-state index in [0.717, 1.165) is 11.6 Å². The van der Waals surface area contributed by atoms with Crippen LogP contribution in [0.2, 0.25) is 0 Å². The van der Waals surface area contributed by atoms with Crippen LogP contribution >= 0.6 is 23.1 Å². The molecule has 2 heterocycles. The zero-order valence-corrected chi connectivity index (χ0v) is 19.3. The first-order valence-electron chi connectivity index (χ1n) is 9.75. The fourth-order valence-corrected chi connectivity index (χ4v) is 4.19. The summed E-state index contributed by atoms with van der Waals surface area (Å²) in [6, 6.07) is 8.25. The normalized spacial score (nSPS) is 12.4. The van der Waals surface area contributed by atoms with Gasteiger partial charge in [-0.25, -0.2) is 0 Å². The molecule has 0 aliphatic rings. The van der Waals surface area contributed by atoms with E-state index in [4.69, 9.17) is 4.74 Å². The van der Waals surface area contributed by atoms with Gasteiger partial charge >= 0.3 is 0 Å². The van der Waals surface area contributed by atoms with Crippen LogP contribution < -0.4 is 10.1 Å². The molecule has 0 saturated heterocycles. The fourth-order valence-electron chi connectivity index (χ4n) is 2.85. The van der Waals surface area contributed by atoms with Crippen LogP contribution in [0.4, 0.5) is 5.13 Å². The third-order valence-corrected chi connectivity index (χ3v) is 5.92. The molecule has 10 heteroatoms. The fraction of sp³-hybridized carbons (Fsp3) is 0.450. The largest absolute Gasteiger partial charge is 0.483 e. The first-order valence-corrected chi connectivity index (χ1v) is 11.6. The Balaban J connectivity index is 1.67. The van der Waals surface area contributed by atoms with E-state index in [0.29, 0.717) is 16.2 Å². The molecule has 3 aromatic rings. The molecule has 3 rings (SSSR count). The number of nitrogens with one attached hydrogen (secondary N) is 1. The average Bonchev–Trinajstić information content (AvgIpc) is 3.36. The number of ether oxygens (including phenoxy) is 1. The Morgan fingerprint density at radius 1 is 1.13 bits per heavy atom. The Morgan fingerprint density at radius 2 is 1.87 bits per heavy atom. The molecule has 0 spiro atoms. The predicted octanol–water partition coefficient (Wildman–Crippen LogP) is 4.70.